The van der Waals surface area contributed by atoms with E-state index in [0.29, 0.717) is 5.56 Å². The lowest BCUT2D eigenvalue weighted by atomic mass is 10.2. The van der Waals surface area contributed by atoms with E-state index >= 15 is 0 Å². The Balaban J connectivity index is 3.05. The molecule has 0 bridgehead atoms. The number of para-hydroxylation sites is 1. The van der Waals surface area contributed by atoms with Gasteiger partial charge in [0.2, 0.25) is 15.9 Å². The zero-order chi connectivity index (χ0) is 16.2. The fourth-order valence-corrected chi connectivity index (χ4v) is 2.45. The number of rotatable bonds is 6. The molecule has 0 saturated carbocycles. The van der Waals surface area contributed by atoms with Crippen molar-refractivity contribution >= 4 is 27.6 Å². The molecular formula is C13H18N2O5S. The van der Waals surface area contributed by atoms with Crippen LogP contribution in [0.1, 0.15) is 19.4 Å². The Hall–Kier alpha value is -2.09. The molecule has 2 N–H and O–H groups in total. The number of nitrogens with zero attached hydrogens (tertiary/aromatic N) is 1. The molecule has 0 aromatic heterocycles. The van der Waals surface area contributed by atoms with Gasteiger partial charge in [-0.2, -0.15) is 0 Å². The van der Waals surface area contributed by atoms with Crippen LogP contribution >= 0.6 is 0 Å². The second-order valence-electron chi connectivity index (χ2n) is 4.66. The third-order valence-electron chi connectivity index (χ3n) is 3.03. The average Bonchev–Trinajstić information content (AvgIpc) is 2.39. The normalized spacial score (nSPS) is 12.5. The molecule has 0 aliphatic carbocycles. The van der Waals surface area contributed by atoms with Gasteiger partial charge < -0.3 is 10.0 Å². The Kier molecular flexibility index (Phi) is 5.31. The predicted molar refractivity (Wildman–Crippen MR) is 78.2 cm³/mol. The second kappa shape index (κ2) is 6.57. The SMILES string of the molecule is CC(=O)N(C)Cc1ccccc1NS(=O)(=O)C(C)C(=O)O. The molecule has 0 aliphatic heterocycles. The van der Waals surface area contributed by atoms with Crippen LogP contribution in [-0.2, 0) is 26.2 Å². The molecule has 1 unspecified atom stereocenters. The van der Waals surface area contributed by atoms with E-state index in [1.165, 1.54) is 17.9 Å². The zero-order valence-electron chi connectivity index (χ0n) is 12.0. The molecular weight excluding hydrogens is 296 g/mol. The highest BCUT2D eigenvalue weighted by Crippen LogP contribution is 2.19. The Labute approximate surface area is 123 Å². The molecule has 1 aromatic carbocycles. The highest BCUT2D eigenvalue weighted by Gasteiger charge is 2.28. The molecule has 116 valence electrons. The lowest BCUT2D eigenvalue weighted by molar-refractivity contribution is -0.136. The van der Waals surface area contributed by atoms with Crippen LogP contribution < -0.4 is 4.72 Å². The maximum atomic E-state index is 11.9. The third kappa shape index (κ3) is 4.45. The van der Waals surface area contributed by atoms with Crippen molar-refractivity contribution in [2.75, 3.05) is 11.8 Å². The molecule has 0 saturated heterocycles. The van der Waals surface area contributed by atoms with Crippen LogP contribution in [0.3, 0.4) is 0 Å². The van der Waals surface area contributed by atoms with Gasteiger partial charge in [-0.25, -0.2) is 8.42 Å². The number of carbonyl (C=O) groups is 2. The number of carbonyl (C=O) groups excluding carboxylic acids is 1. The molecule has 1 rings (SSSR count). The van der Waals surface area contributed by atoms with Crippen LogP contribution in [0.2, 0.25) is 0 Å². The minimum Gasteiger partial charge on any atom is -0.480 e. The Bertz CT molecular complexity index is 642. The van der Waals surface area contributed by atoms with Crippen molar-refractivity contribution < 1.29 is 23.1 Å². The first-order chi connectivity index (χ1) is 9.65. The van der Waals surface area contributed by atoms with E-state index in [2.05, 4.69) is 4.72 Å². The van der Waals surface area contributed by atoms with Crippen LogP contribution in [0.4, 0.5) is 5.69 Å². The average molecular weight is 314 g/mol. The van der Waals surface area contributed by atoms with Crippen molar-refractivity contribution in [1.82, 2.24) is 4.90 Å². The number of amides is 1. The van der Waals surface area contributed by atoms with E-state index < -0.39 is 21.2 Å². The number of nitrogens with one attached hydrogen (secondary N) is 1. The van der Waals surface area contributed by atoms with Crippen molar-refractivity contribution in [2.24, 2.45) is 0 Å². The van der Waals surface area contributed by atoms with Gasteiger partial charge in [0.15, 0.2) is 5.25 Å². The van der Waals surface area contributed by atoms with Gasteiger partial charge in [0.1, 0.15) is 0 Å². The molecule has 21 heavy (non-hydrogen) atoms. The first kappa shape index (κ1) is 17.0. The van der Waals surface area contributed by atoms with E-state index in [9.17, 15) is 18.0 Å². The summed E-state index contributed by atoms with van der Waals surface area (Å²) in [4.78, 5) is 23.5. The minimum absolute atomic E-state index is 0.161. The summed E-state index contributed by atoms with van der Waals surface area (Å²) in [6, 6.07) is 6.53. The van der Waals surface area contributed by atoms with Crippen molar-refractivity contribution in [3.8, 4) is 0 Å². The number of hydrogen-bond acceptors (Lipinski definition) is 4. The standard InChI is InChI=1S/C13H18N2O5S/c1-9(13(17)18)21(19,20)14-12-7-5-4-6-11(12)8-15(3)10(2)16/h4-7,9,14H,8H2,1-3H3,(H,17,18). The number of hydrogen-bond donors (Lipinski definition) is 2. The van der Waals surface area contributed by atoms with Crippen LogP contribution in [-0.4, -0.2) is 42.6 Å². The van der Waals surface area contributed by atoms with E-state index in [1.807, 2.05) is 0 Å². The summed E-state index contributed by atoms with van der Waals surface area (Å²) in [6.07, 6.45) is 0. The molecule has 0 aliphatic rings. The van der Waals surface area contributed by atoms with Gasteiger partial charge in [-0.05, 0) is 18.6 Å². The predicted octanol–water partition coefficient (Wildman–Crippen LogP) is 0.880. The Morgan fingerprint density at radius 1 is 1.33 bits per heavy atom. The largest absolute Gasteiger partial charge is 0.480 e. The highest BCUT2D eigenvalue weighted by atomic mass is 32.2. The van der Waals surface area contributed by atoms with Gasteiger partial charge in [0.25, 0.3) is 0 Å². The number of carboxylic acid groups (broad SMARTS) is 1. The van der Waals surface area contributed by atoms with Crippen molar-refractivity contribution in [3.63, 3.8) is 0 Å². The summed E-state index contributed by atoms with van der Waals surface area (Å²) in [5.41, 5.74) is 0.843. The molecule has 0 heterocycles. The van der Waals surface area contributed by atoms with Gasteiger partial charge in [0, 0.05) is 20.5 Å². The second-order valence-corrected chi connectivity index (χ2v) is 6.66. The molecule has 0 radical (unpaired) electrons. The maximum absolute atomic E-state index is 11.9. The fraction of sp³-hybridized carbons (Fsp3) is 0.385. The molecule has 0 fully saturated rings. The highest BCUT2D eigenvalue weighted by molar-refractivity contribution is 7.94. The van der Waals surface area contributed by atoms with E-state index in [-0.39, 0.29) is 18.1 Å². The summed E-state index contributed by atoms with van der Waals surface area (Å²) in [5.74, 6) is -1.59. The molecule has 1 atom stereocenters. The van der Waals surface area contributed by atoms with Crippen LogP contribution in [0.15, 0.2) is 24.3 Å². The molecule has 1 aromatic rings. The van der Waals surface area contributed by atoms with Crippen LogP contribution in [0.5, 0.6) is 0 Å². The molecule has 8 heteroatoms. The third-order valence-corrected chi connectivity index (χ3v) is 4.66. The van der Waals surface area contributed by atoms with Gasteiger partial charge in [-0.3, -0.25) is 14.3 Å². The maximum Gasteiger partial charge on any atom is 0.323 e. The van der Waals surface area contributed by atoms with Crippen LogP contribution in [0.25, 0.3) is 0 Å². The van der Waals surface area contributed by atoms with Crippen molar-refractivity contribution in [3.05, 3.63) is 29.8 Å². The summed E-state index contributed by atoms with van der Waals surface area (Å²) < 4.78 is 26.1. The van der Waals surface area contributed by atoms with Crippen molar-refractivity contribution in [2.45, 2.75) is 25.6 Å². The van der Waals surface area contributed by atoms with Crippen molar-refractivity contribution in [1.29, 1.82) is 0 Å². The lowest BCUT2D eigenvalue weighted by Gasteiger charge is -2.19. The van der Waals surface area contributed by atoms with E-state index in [0.717, 1.165) is 6.92 Å². The summed E-state index contributed by atoms with van der Waals surface area (Å²) in [5, 5.41) is 7.24. The monoisotopic (exact) mass is 314 g/mol. The van der Waals surface area contributed by atoms with Gasteiger partial charge in [0.05, 0.1) is 5.69 Å². The Morgan fingerprint density at radius 3 is 2.43 bits per heavy atom. The quantitative estimate of drug-likeness (QED) is 0.811. The summed E-state index contributed by atoms with van der Waals surface area (Å²) in [7, 11) is -2.45. The minimum atomic E-state index is -4.04. The van der Waals surface area contributed by atoms with E-state index in [1.54, 1.807) is 25.2 Å². The zero-order valence-corrected chi connectivity index (χ0v) is 12.8. The lowest BCUT2D eigenvalue weighted by Crippen LogP contribution is -2.32. The van der Waals surface area contributed by atoms with Gasteiger partial charge in [-0.1, -0.05) is 18.2 Å². The van der Waals surface area contributed by atoms with E-state index in [4.69, 9.17) is 5.11 Å². The van der Waals surface area contributed by atoms with Gasteiger partial charge in [-0.15, -0.1) is 0 Å². The number of anilines is 1. The fourth-order valence-electron chi connectivity index (χ4n) is 1.50. The number of aliphatic carboxylic acids is 1. The summed E-state index contributed by atoms with van der Waals surface area (Å²) in [6.45, 7) is 2.71. The topological polar surface area (TPSA) is 104 Å². The molecule has 1 amide bonds. The molecule has 7 nitrogen and oxygen atoms in total. The smallest absolute Gasteiger partial charge is 0.323 e. The number of carboxylic acids is 1. The molecule has 0 spiro atoms. The number of benzene rings is 1. The van der Waals surface area contributed by atoms with Gasteiger partial charge >= 0.3 is 5.97 Å². The Morgan fingerprint density at radius 2 is 1.90 bits per heavy atom. The number of sulfonamides is 1. The first-order valence-electron chi connectivity index (χ1n) is 6.19. The first-order valence-corrected chi connectivity index (χ1v) is 7.74. The van der Waals surface area contributed by atoms with Crippen LogP contribution in [0, 0.1) is 0 Å². The summed E-state index contributed by atoms with van der Waals surface area (Å²) >= 11 is 0.